The van der Waals surface area contributed by atoms with Gasteiger partial charge in [0.05, 0.1) is 4.90 Å². The number of hydrogen-bond donors (Lipinski definition) is 1. The summed E-state index contributed by atoms with van der Waals surface area (Å²) in [5.41, 5.74) is 0. The largest absolute Gasteiger partial charge is 0.240 e. The number of sulfonamides is 1. The Morgan fingerprint density at radius 3 is 2.11 bits per heavy atom. The number of benzene rings is 1. The average Bonchev–Trinajstić information content (AvgIpc) is 2.43. The first kappa shape index (κ1) is 16.2. The Morgan fingerprint density at radius 2 is 1.47 bits per heavy atom. The van der Waals surface area contributed by atoms with E-state index in [4.69, 9.17) is 0 Å². The molecule has 1 N–H and O–H groups in total. The Kier molecular flexibility index (Phi) is 7.75. The molecule has 0 aliphatic heterocycles. The van der Waals surface area contributed by atoms with Crippen molar-refractivity contribution in [2.45, 2.75) is 56.8 Å². The van der Waals surface area contributed by atoms with Crippen LogP contribution in [-0.4, -0.2) is 15.0 Å². The molecule has 108 valence electrons. The second-order valence-electron chi connectivity index (χ2n) is 4.83. The Morgan fingerprint density at radius 1 is 0.895 bits per heavy atom. The fourth-order valence-electron chi connectivity index (χ4n) is 1.97. The smallest absolute Gasteiger partial charge is 0.211 e. The molecule has 19 heavy (non-hydrogen) atoms. The summed E-state index contributed by atoms with van der Waals surface area (Å²) in [7, 11) is -3.31. The van der Waals surface area contributed by atoms with Crippen molar-refractivity contribution >= 4 is 10.0 Å². The zero-order valence-corrected chi connectivity index (χ0v) is 12.6. The van der Waals surface area contributed by atoms with Crippen molar-refractivity contribution in [1.29, 1.82) is 0 Å². The van der Waals surface area contributed by atoms with Gasteiger partial charge in [-0.05, 0) is 18.6 Å². The molecular weight excluding hydrogens is 258 g/mol. The van der Waals surface area contributed by atoms with Gasteiger partial charge in [0, 0.05) is 6.54 Å². The van der Waals surface area contributed by atoms with Gasteiger partial charge in [0.1, 0.15) is 0 Å². The van der Waals surface area contributed by atoms with Crippen LogP contribution < -0.4 is 4.72 Å². The minimum absolute atomic E-state index is 0.345. The van der Waals surface area contributed by atoms with E-state index < -0.39 is 10.0 Å². The SMILES string of the molecule is CCCCCCCCCNS(=O)(=O)c1ccccc1. The maximum absolute atomic E-state index is 11.9. The van der Waals surface area contributed by atoms with Gasteiger partial charge in [-0.2, -0.15) is 0 Å². The predicted octanol–water partition coefficient (Wildman–Crippen LogP) is 3.72. The summed E-state index contributed by atoms with van der Waals surface area (Å²) in [6.45, 7) is 2.74. The van der Waals surface area contributed by atoms with E-state index >= 15 is 0 Å². The third kappa shape index (κ3) is 6.73. The van der Waals surface area contributed by atoms with E-state index in [1.807, 2.05) is 6.07 Å². The van der Waals surface area contributed by atoms with E-state index in [0.29, 0.717) is 11.4 Å². The fourth-order valence-corrected chi connectivity index (χ4v) is 3.07. The van der Waals surface area contributed by atoms with Gasteiger partial charge in [0.15, 0.2) is 0 Å². The van der Waals surface area contributed by atoms with Crippen LogP contribution in [-0.2, 0) is 10.0 Å². The molecule has 1 aromatic rings. The summed E-state index contributed by atoms with van der Waals surface area (Å²) in [6, 6.07) is 8.53. The lowest BCUT2D eigenvalue weighted by Gasteiger charge is -2.06. The summed E-state index contributed by atoms with van der Waals surface area (Å²) < 4.78 is 26.4. The average molecular weight is 283 g/mol. The molecule has 3 nitrogen and oxygen atoms in total. The van der Waals surface area contributed by atoms with Crippen LogP contribution in [0.4, 0.5) is 0 Å². The molecule has 1 rings (SSSR count). The van der Waals surface area contributed by atoms with Crippen LogP contribution in [0.15, 0.2) is 35.2 Å². The molecule has 0 aliphatic carbocycles. The Bertz CT molecular complexity index is 429. The molecule has 0 aliphatic rings. The molecule has 0 fully saturated rings. The van der Waals surface area contributed by atoms with Crippen molar-refractivity contribution < 1.29 is 8.42 Å². The molecule has 1 aromatic carbocycles. The first-order valence-electron chi connectivity index (χ1n) is 7.21. The number of hydrogen-bond acceptors (Lipinski definition) is 2. The lowest BCUT2D eigenvalue weighted by atomic mass is 10.1. The quantitative estimate of drug-likeness (QED) is 0.665. The van der Waals surface area contributed by atoms with Crippen LogP contribution in [0, 0.1) is 0 Å². The molecule has 0 bridgehead atoms. The summed E-state index contributed by atoms with van der Waals surface area (Å²) in [4.78, 5) is 0.345. The van der Waals surface area contributed by atoms with Crippen LogP contribution >= 0.6 is 0 Å². The fraction of sp³-hybridized carbons (Fsp3) is 0.600. The summed E-state index contributed by atoms with van der Waals surface area (Å²) >= 11 is 0. The molecule has 0 atom stereocenters. The Balaban J connectivity index is 2.15. The first-order chi connectivity index (χ1) is 9.17. The molecular formula is C15H25NO2S. The lowest BCUT2D eigenvalue weighted by Crippen LogP contribution is -2.24. The zero-order valence-electron chi connectivity index (χ0n) is 11.8. The van der Waals surface area contributed by atoms with Gasteiger partial charge in [-0.3, -0.25) is 0 Å². The highest BCUT2D eigenvalue weighted by Gasteiger charge is 2.11. The van der Waals surface area contributed by atoms with Gasteiger partial charge in [-0.25, -0.2) is 13.1 Å². The minimum atomic E-state index is -3.31. The van der Waals surface area contributed by atoms with Gasteiger partial charge in [-0.15, -0.1) is 0 Å². The molecule has 0 aromatic heterocycles. The van der Waals surface area contributed by atoms with Gasteiger partial charge in [0.2, 0.25) is 10.0 Å². The number of unbranched alkanes of at least 4 members (excludes halogenated alkanes) is 6. The minimum Gasteiger partial charge on any atom is -0.211 e. The van der Waals surface area contributed by atoms with E-state index in [1.54, 1.807) is 24.3 Å². The molecule has 0 amide bonds. The van der Waals surface area contributed by atoms with E-state index in [0.717, 1.165) is 12.8 Å². The van der Waals surface area contributed by atoms with Crippen LogP contribution in [0.2, 0.25) is 0 Å². The van der Waals surface area contributed by atoms with E-state index in [-0.39, 0.29) is 0 Å². The van der Waals surface area contributed by atoms with Crippen LogP contribution in [0.1, 0.15) is 51.9 Å². The van der Waals surface area contributed by atoms with Crippen molar-refractivity contribution in [1.82, 2.24) is 4.72 Å². The molecule has 0 heterocycles. The topological polar surface area (TPSA) is 46.2 Å². The van der Waals surface area contributed by atoms with Crippen LogP contribution in [0.25, 0.3) is 0 Å². The number of rotatable bonds is 10. The molecule has 0 saturated heterocycles. The van der Waals surface area contributed by atoms with Crippen molar-refractivity contribution in [3.8, 4) is 0 Å². The van der Waals surface area contributed by atoms with Gasteiger partial charge in [-0.1, -0.05) is 63.6 Å². The zero-order chi connectivity index (χ0) is 14.0. The maximum atomic E-state index is 11.9. The summed E-state index contributed by atoms with van der Waals surface area (Å²) in [6.07, 6.45) is 8.34. The summed E-state index contributed by atoms with van der Waals surface area (Å²) in [5, 5.41) is 0. The molecule has 0 spiro atoms. The van der Waals surface area contributed by atoms with Crippen molar-refractivity contribution in [2.24, 2.45) is 0 Å². The predicted molar refractivity (Wildman–Crippen MR) is 79.6 cm³/mol. The second-order valence-corrected chi connectivity index (χ2v) is 6.60. The van der Waals surface area contributed by atoms with E-state index in [2.05, 4.69) is 11.6 Å². The highest BCUT2D eigenvalue weighted by atomic mass is 32.2. The summed E-state index contributed by atoms with van der Waals surface area (Å²) in [5.74, 6) is 0. The highest BCUT2D eigenvalue weighted by Crippen LogP contribution is 2.09. The molecule has 0 unspecified atom stereocenters. The van der Waals surface area contributed by atoms with Crippen molar-refractivity contribution in [3.63, 3.8) is 0 Å². The standard InChI is InChI=1S/C15H25NO2S/c1-2-3-4-5-6-7-11-14-16-19(17,18)15-12-9-8-10-13-15/h8-10,12-13,16H,2-7,11,14H2,1H3. The van der Waals surface area contributed by atoms with Crippen LogP contribution in [0.3, 0.4) is 0 Å². The first-order valence-corrected chi connectivity index (χ1v) is 8.70. The normalized spacial score (nSPS) is 11.6. The molecule has 4 heteroatoms. The third-order valence-electron chi connectivity index (χ3n) is 3.13. The van der Waals surface area contributed by atoms with E-state index in [1.165, 1.54) is 32.1 Å². The lowest BCUT2D eigenvalue weighted by molar-refractivity contribution is 0.563. The maximum Gasteiger partial charge on any atom is 0.240 e. The van der Waals surface area contributed by atoms with E-state index in [9.17, 15) is 8.42 Å². The molecule has 0 saturated carbocycles. The van der Waals surface area contributed by atoms with Gasteiger partial charge in [0.25, 0.3) is 0 Å². The highest BCUT2D eigenvalue weighted by molar-refractivity contribution is 7.89. The molecule has 0 radical (unpaired) electrons. The third-order valence-corrected chi connectivity index (χ3v) is 4.60. The van der Waals surface area contributed by atoms with Gasteiger partial charge >= 0.3 is 0 Å². The second kappa shape index (κ2) is 9.10. The van der Waals surface area contributed by atoms with Crippen LogP contribution in [0.5, 0.6) is 0 Å². The Labute approximate surface area is 117 Å². The monoisotopic (exact) mass is 283 g/mol. The van der Waals surface area contributed by atoms with Gasteiger partial charge < -0.3 is 0 Å². The Hall–Kier alpha value is -0.870. The van der Waals surface area contributed by atoms with Crippen molar-refractivity contribution in [3.05, 3.63) is 30.3 Å². The number of nitrogens with one attached hydrogen (secondary N) is 1. The van der Waals surface area contributed by atoms with Crippen molar-refractivity contribution in [2.75, 3.05) is 6.54 Å².